The van der Waals surface area contributed by atoms with Crippen molar-refractivity contribution in [2.45, 2.75) is 32.2 Å². The molecule has 5 heteroatoms. The Morgan fingerprint density at radius 3 is 2.74 bits per heavy atom. The number of nitrogens with one attached hydrogen (secondary N) is 1. The van der Waals surface area contributed by atoms with Gasteiger partial charge in [-0.25, -0.2) is 0 Å². The van der Waals surface area contributed by atoms with E-state index in [0.717, 1.165) is 5.56 Å². The first-order chi connectivity index (χ1) is 8.99. The van der Waals surface area contributed by atoms with Gasteiger partial charge in [0.15, 0.2) is 0 Å². The predicted molar refractivity (Wildman–Crippen MR) is 71.8 cm³/mol. The summed E-state index contributed by atoms with van der Waals surface area (Å²) in [4.78, 5) is 23.0. The van der Waals surface area contributed by atoms with E-state index in [-0.39, 0.29) is 17.9 Å². The van der Waals surface area contributed by atoms with Gasteiger partial charge >= 0.3 is 5.97 Å². The molecule has 0 aliphatic heterocycles. The maximum atomic E-state index is 12.1. The van der Waals surface area contributed by atoms with Gasteiger partial charge in [-0.1, -0.05) is 6.07 Å². The van der Waals surface area contributed by atoms with E-state index in [9.17, 15) is 9.59 Å². The van der Waals surface area contributed by atoms with Crippen LogP contribution in [-0.4, -0.2) is 23.0 Å². The quantitative estimate of drug-likeness (QED) is 0.721. The van der Waals surface area contributed by atoms with Crippen LogP contribution in [0.25, 0.3) is 0 Å². The second-order valence-corrected chi connectivity index (χ2v) is 5.04. The summed E-state index contributed by atoms with van der Waals surface area (Å²) in [6, 6.07) is 5.16. The van der Waals surface area contributed by atoms with E-state index < -0.39 is 5.97 Å². The number of anilines is 1. The molecular formula is C14H18N2O3. The van der Waals surface area contributed by atoms with Crippen molar-refractivity contribution in [3.63, 3.8) is 0 Å². The van der Waals surface area contributed by atoms with Crippen molar-refractivity contribution < 1.29 is 14.7 Å². The number of aliphatic carboxylic acids is 1. The SMILES string of the molecule is Cc1c(N)cccc1C(=O)N[C@H]1CC[C@@H](C(=O)O)C1. The number of carboxylic acid groups (broad SMARTS) is 1. The Bertz CT molecular complexity index is 513. The van der Waals surface area contributed by atoms with E-state index >= 15 is 0 Å². The van der Waals surface area contributed by atoms with Crippen LogP contribution in [0.2, 0.25) is 0 Å². The fraction of sp³-hybridized carbons (Fsp3) is 0.429. The zero-order chi connectivity index (χ0) is 14.0. The molecule has 1 saturated carbocycles. The largest absolute Gasteiger partial charge is 0.481 e. The average Bonchev–Trinajstić information content (AvgIpc) is 2.81. The number of amides is 1. The zero-order valence-electron chi connectivity index (χ0n) is 10.8. The van der Waals surface area contributed by atoms with Crippen molar-refractivity contribution in [3.05, 3.63) is 29.3 Å². The fourth-order valence-electron chi connectivity index (χ4n) is 2.50. The van der Waals surface area contributed by atoms with Crippen LogP contribution in [0.3, 0.4) is 0 Å². The van der Waals surface area contributed by atoms with E-state index in [1.54, 1.807) is 25.1 Å². The number of hydrogen-bond donors (Lipinski definition) is 3. The van der Waals surface area contributed by atoms with Gasteiger partial charge in [-0.05, 0) is 43.9 Å². The third kappa shape index (κ3) is 2.86. The third-order valence-electron chi connectivity index (χ3n) is 3.74. The lowest BCUT2D eigenvalue weighted by atomic mass is 10.1. The van der Waals surface area contributed by atoms with Gasteiger partial charge in [0, 0.05) is 17.3 Å². The third-order valence-corrected chi connectivity index (χ3v) is 3.74. The maximum absolute atomic E-state index is 12.1. The first-order valence-electron chi connectivity index (χ1n) is 6.37. The van der Waals surface area contributed by atoms with Crippen molar-refractivity contribution in [1.82, 2.24) is 5.32 Å². The number of hydrogen-bond acceptors (Lipinski definition) is 3. The van der Waals surface area contributed by atoms with Gasteiger partial charge < -0.3 is 16.2 Å². The molecule has 1 aliphatic carbocycles. The highest BCUT2D eigenvalue weighted by Gasteiger charge is 2.30. The lowest BCUT2D eigenvalue weighted by molar-refractivity contribution is -0.141. The highest BCUT2D eigenvalue weighted by Crippen LogP contribution is 2.26. The molecule has 0 spiro atoms. The van der Waals surface area contributed by atoms with Gasteiger partial charge in [-0.2, -0.15) is 0 Å². The molecule has 2 rings (SSSR count). The first-order valence-corrected chi connectivity index (χ1v) is 6.37. The van der Waals surface area contributed by atoms with Crippen molar-refractivity contribution in [2.75, 3.05) is 5.73 Å². The summed E-state index contributed by atoms with van der Waals surface area (Å²) < 4.78 is 0. The van der Waals surface area contributed by atoms with Gasteiger partial charge in [0.1, 0.15) is 0 Å². The van der Waals surface area contributed by atoms with E-state index in [2.05, 4.69) is 5.32 Å². The van der Waals surface area contributed by atoms with Gasteiger partial charge in [-0.15, -0.1) is 0 Å². The van der Waals surface area contributed by atoms with Crippen LogP contribution in [0.15, 0.2) is 18.2 Å². The minimum atomic E-state index is -0.781. The molecule has 5 nitrogen and oxygen atoms in total. The Hall–Kier alpha value is -2.04. The molecule has 0 aromatic heterocycles. The normalized spacial score (nSPS) is 22.2. The molecule has 19 heavy (non-hydrogen) atoms. The first kappa shape index (κ1) is 13.4. The number of benzene rings is 1. The predicted octanol–water partition coefficient (Wildman–Crippen LogP) is 1.56. The summed E-state index contributed by atoms with van der Waals surface area (Å²) in [5.41, 5.74) is 7.67. The Labute approximate surface area is 111 Å². The summed E-state index contributed by atoms with van der Waals surface area (Å²) >= 11 is 0. The molecule has 0 heterocycles. The van der Waals surface area contributed by atoms with Crippen LogP contribution in [0.4, 0.5) is 5.69 Å². The topological polar surface area (TPSA) is 92.4 Å². The highest BCUT2D eigenvalue weighted by atomic mass is 16.4. The summed E-state index contributed by atoms with van der Waals surface area (Å²) in [6.45, 7) is 1.80. The molecule has 1 aliphatic rings. The second-order valence-electron chi connectivity index (χ2n) is 5.04. The number of carboxylic acids is 1. The molecule has 1 fully saturated rings. The second kappa shape index (κ2) is 5.30. The molecule has 0 saturated heterocycles. The number of carbonyl (C=O) groups is 2. The van der Waals surface area contributed by atoms with Gasteiger partial charge in [0.25, 0.3) is 5.91 Å². The summed E-state index contributed by atoms with van der Waals surface area (Å²) in [5.74, 6) is -1.30. The van der Waals surface area contributed by atoms with Gasteiger partial charge in [-0.3, -0.25) is 9.59 Å². The Morgan fingerprint density at radius 2 is 2.11 bits per heavy atom. The van der Waals surface area contributed by atoms with Gasteiger partial charge in [0.05, 0.1) is 5.92 Å². The monoisotopic (exact) mass is 262 g/mol. The lowest BCUT2D eigenvalue weighted by Gasteiger charge is -2.14. The van der Waals surface area contributed by atoms with Crippen LogP contribution in [0.1, 0.15) is 35.2 Å². The van der Waals surface area contributed by atoms with Crippen molar-refractivity contribution in [2.24, 2.45) is 5.92 Å². The molecule has 0 bridgehead atoms. The summed E-state index contributed by atoms with van der Waals surface area (Å²) in [5, 5.41) is 11.8. The maximum Gasteiger partial charge on any atom is 0.306 e. The van der Waals surface area contributed by atoms with Crippen LogP contribution in [-0.2, 0) is 4.79 Å². The fourth-order valence-corrected chi connectivity index (χ4v) is 2.50. The molecule has 0 unspecified atom stereocenters. The lowest BCUT2D eigenvalue weighted by Crippen LogP contribution is -2.33. The number of nitrogens with two attached hydrogens (primary N) is 1. The van der Waals surface area contributed by atoms with Crippen molar-refractivity contribution in [3.8, 4) is 0 Å². The van der Waals surface area contributed by atoms with Crippen LogP contribution in [0, 0.1) is 12.8 Å². The van der Waals surface area contributed by atoms with E-state index in [1.807, 2.05) is 0 Å². The standard InChI is InChI=1S/C14H18N2O3/c1-8-11(3-2-4-12(8)15)13(17)16-10-6-5-9(7-10)14(18)19/h2-4,9-10H,5-7,15H2,1H3,(H,16,17)(H,18,19)/t9-,10+/m1/s1. The zero-order valence-corrected chi connectivity index (χ0v) is 10.8. The summed E-state index contributed by atoms with van der Waals surface area (Å²) in [6.07, 6.45) is 1.84. The molecule has 1 aromatic rings. The van der Waals surface area contributed by atoms with Gasteiger partial charge in [0.2, 0.25) is 0 Å². The number of rotatable bonds is 3. The van der Waals surface area contributed by atoms with E-state index in [1.165, 1.54) is 0 Å². The van der Waals surface area contributed by atoms with Crippen LogP contribution in [0.5, 0.6) is 0 Å². The molecule has 2 atom stereocenters. The molecule has 1 amide bonds. The number of nitrogen functional groups attached to an aromatic ring is 1. The highest BCUT2D eigenvalue weighted by molar-refractivity contribution is 5.97. The van der Waals surface area contributed by atoms with Crippen LogP contribution < -0.4 is 11.1 Å². The number of carbonyl (C=O) groups excluding carboxylic acids is 1. The average molecular weight is 262 g/mol. The minimum absolute atomic E-state index is 0.0607. The molecular weight excluding hydrogens is 244 g/mol. The summed E-state index contributed by atoms with van der Waals surface area (Å²) in [7, 11) is 0. The van der Waals surface area contributed by atoms with Crippen molar-refractivity contribution >= 4 is 17.6 Å². The Morgan fingerprint density at radius 1 is 1.37 bits per heavy atom. The smallest absolute Gasteiger partial charge is 0.306 e. The van der Waals surface area contributed by atoms with E-state index in [0.29, 0.717) is 30.5 Å². The Kier molecular flexibility index (Phi) is 3.74. The van der Waals surface area contributed by atoms with Crippen molar-refractivity contribution in [1.29, 1.82) is 0 Å². The van der Waals surface area contributed by atoms with E-state index in [4.69, 9.17) is 10.8 Å². The molecule has 102 valence electrons. The molecule has 1 aromatic carbocycles. The molecule has 4 N–H and O–H groups in total. The Balaban J connectivity index is 2.02. The molecule has 0 radical (unpaired) electrons. The minimum Gasteiger partial charge on any atom is -0.481 e. The van der Waals surface area contributed by atoms with Crippen LogP contribution >= 0.6 is 0 Å².